The third-order valence-electron chi connectivity index (χ3n) is 3.36. The highest BCUT2D eigenvalue weighted by molar-refractivity contribution is 6.34. The molecule has 2 N–H and O–H groups in total. The summed E-state index contributed by atoms with van der Waals surface area (Å²) in [5, 5.41) is 12.8. The molecule has 0 radical (unpaired) electrons. The van der Waals surface area contributed by atoms with Crippen molar-refractivity contribution in [3.8, 4) is 11.6 Å². The van der Waals surface area contributed by atoms with Crippen LogP contribution in [0.25, 0.3) is 0 Å². The Labute approximate surface area is 174 Å². The van der Waals surface area contributed by atoms with E-state index in [0.29, 0.717) is 11.4 Å². The summed E-state index contributed by atoms with van der Waals surface area (Å²) in [6.07, 6.45) is 0. The second-order valence-corrected chi connectivity index (χ2v) is 6.53. The van der Waals surface area contributed by atoms with E-state index in [0.717, 1.165) is 0 Å². The van der Waals surface area contributed by atoms with Gasteiger partial charge in [-0.1, -0.05) is 46.9 Å². The van der Waals surface area contributed by atoms with Crippen molar-refractivity contribution < 1.29 is 14.3 Å². The molecule has 7 nitrogen and oxygen atoms in total. The highest BCUT2D eigenvalue weighted by Crippen LogP contribution is 2.31. The highest BCUT2D eigenvalue weighted by atomic mass is 35.5. The molecule has 2 aromatic carbocycles. The lowest BCUT2D eigenvalue weighted by Crippen LogP contribution is -2.34. The van der Waals surface area contributed by atoms with E-state index in [-0.39, 0.29) is 26.6 Å². The Morgan fingerprint density at radius 1 is 0.893 bits per heavy atom. The quantitative estimate of drug-likeness (QED) is 0.586. The Bertz CT molecular complexity index is 1030. The van der Waals surface area contributed by atoms with Gasteiger partial charge in [0.25, 0.3) is 5.91 Å². The van der Waals surface area contributed by atoms with Crippen molar-refractivity contribution in [3.05, 3.63) is 75.4 Å². The zero-order chi connectivity index (χ0) is 20.1. The molecule has 0 aliphatic rings. The number of imide groups is 1. The average Bonchev–Trinajstić information content (AvgIpc) is 2.66. The number of nitrogens with zero attached hydrogens (tertiary/aromatic N) is 2. The van der Waals surface area contributed by atoms with Crippen molar-refractivity contribution in [2.24, 2.45) is 0 Å². The van der Waals surface area contributed by atoms with Gasteiger partial charge in [0, 0.05) is 11.8 Å². The molecular weight excluding hydrogens is 427 g/mol. The lowest BCUT2D eigenvalue weighted by atomic mass is 10.2. The van der Waals surface area contributed by atoms with Crippen LogP contribution >= 0.6 is 34.8 Å². The number of rotatable bonds is 4. The molecule has 142 valence electrons. The summed E-state index contributed by atoms with van der Waals surface area (Å²) in [7, 11) is 0. The van der Waals surface area contributed by atoms with Gasteiger partial charge >= 0.3 is 6.03 Å². The van der Waals surface area contributed by atoms with Crippen molar-refractivity contribution in [1.82, 2.24) is 15.5 Å². The number of hydrogen-bond donors (Lipinski definition) is 2. The number of aromatic nitrogens is 2. The molecule has 10 heteroatoms. The summed E-state index contributed by atoms with van der Waals surface area (Å²) in [6.45, 7) is 0. The van der Waals surface area contributed by atoms with Crippen LogP contribution in [0.15, 0.2) is 54.6 Å². The highest BCUT2D eigenvalue weighted by Gasteiger charge is 2.14. The van der Waals surface area contributed by atoms with Gasteiger partial charge in [0.2, 0.25) is 5.88 Å². The van der Waals surface area contributed by atoms with Gasteiger partial charge < -0.3 is 10.1 Å². The predicted molar refractivity (Wildman–Crippen MR) is 107 cm³/mol. The molecule has 0 aliphatic heterocycles. The molecule has 0 saturated carbocycles. The number of ether oxygens (including phenoxy) is 1. The molecule has 28 heavy (non-hydrogen) atoms. The predicted octanol–water partition coefficient (Wildman–Crippen LogP) is 5.19. The van der Waals surface area contributed by atoms with E-state index in [1.165, 1.54) is 30.3 Å². The fraction of sp³-hybridized carbons (Fsp3) is 0. The number of benzene rings is 2. The average molecular weight is 438 g/mol. The Morgan fingerprint density at radius 3 is 2.36 bits per heavy atom. The van der Waals surface area contributed by atoms with Crippen molar-refractivity contribution >= 4 is 52.4 Å². The maximum atomic E-state index is 12.1. The summed E-state index contributed by atoms with van der Waals surface area (Å²) in [5.74, 6) is -0.123. The minimum absolute atomic E-state index is 0.185. The summed E-state index contributed by atoms with van der Waals surface area (Å²) in [5.41, 5.74) is 0.536. The van der Waals surface area contributed by atoms with Gasteiger partial charge in [-0.2, -0.15) is 0 Å². The summed E-state index contributed by atoms with van der Waals surface area (Å²) < 4.78 is 5.50. The van der Waals surface area contributed by atoms with Crippen molar-refractivity contribution in [2.45, 2.75) is 0 Å². The molecule has 0 fully saturated rings. The maximum Gasteiger partial charge on any atom is 0.326 e. The lowest BCUT2D eigenvalue weighted by molar-refractivity contribution is 0.0967. The minimum Gasteiger partial charge on any atom is -0.436 e. The van der Waals surface area contributed by atoms with Gasteiger partial charge in [0.1, 0.15) is 5.75 Å². The van der Waals surface area contributed by atoms with E-state index in [2.05, 4.69) is 20.8 Å². The number of halogens is 3. The van der Waals surface area contributed by atoms with E-state index < -0.39 is 11.9 Å². The third-order valence-corrected chi connectivity index (χ3v) is 4.18. The second kappa shape index (κ2) is 8.88. The van der Waals surface area contributed by atoms with E-state index >= 15 is 0 Å². The Kier molecular flexibility index (Phi) is 6.30. The number of carbonyl (C=O) groups is 2. The fourth-order valence-electron chi connectivity index (χ4n) is 2.11. The number of urea groups is 1. The molecule has 1 heterocycles. The second-order valence-electron chi connectivity index (χ2n) is 5.33. The largest absolute Gasteiger partial charge is 0.436 e. The van der Waals surface area contributed by atoms with Crippen LogP contribution in [0.5, 0.6) is 11.6 Å². The number of hydrogen-bond acceptors (Lipinski definition) is 5. The molecule has 0 saturated heterocycles. The summed E-state index contributed by atoms with van der Waals surface area (Å²) in [4.78, 5) is 24.1. The van der Waals surface area contributed by atoms with E-state index in [4.69, 9.17) is 39.5 Å². The maximum absolute atomic E-state index is 12.1. The van der Waals surface area contributed by atoms with Crippen molar-refractivity contribution in [1.29, 1.82) is 0 Å². The minimum atomic E-state index is -0.738. The van der Waals surface area contributed by atoms with Crippen molar-refractivity contribution in [3.63, 3.8) is 0 Å². The van der Waals surface area contributed by atoms with Crippen molar-refractivity contribution in [2.75, 3.05) is 5.32 Å². The molecule has 1 aromatic heterocycles. The normalized spacial score (nSPS) is 10.2. The Hall–Kier alpha value is -2.87. The van der Waals surface area contributed by atoms with E-state index in [1.54, 1.807) is 24.3 Å². The molecule has 0 spiro atoms. The third kappa shape index (κ3) is 5.10. The molecular formula is C18H11Cl3N4O3. The van der Waals surface area contributed by atoms with Gasteiger partial charge in [-0.05, 0) is 36.4 Å². The van der Waals surface area contributed by atoms with Gasteiger partial charge in [-0.25, -0.2) is 4.79 Å². The fourth-order valence-corrected chi connectivity index (χ4v) is 2.65. The first-order valence-electron chi connectivity index (χ1n) is 7.76. The standard InChI is InChI=1S/C18H11Cl3N4O3/c19-12-4-2-1-3-11(12)17(26)23-18(27)22-10-5-6-14(13(20)9-10)28-16-8-7-15(21)24-25-16/h1-9H,(H2,22,23,26,27). The first-order valence-corrected chi connectivity index (χ1v) is 8.89. The monoisotopic (exact) mass is 436 g/mol. The number of nitrogens with one attached hydrogen (secondary N) is 2. The van der Waals surface area contributed by atoms with Crippen LogP contribution in [-0.2, 0) is 0 Å². The van der Waals surface area contributed by atoms with Gasteiger partial charge in [0.15, 0.2) is 5.15 Å². The van der Waals surface area contributed by atoms with Crippen LogP contribution in [0, 0.1) is 0 Å². The zero-order valence-corrected chi connectivity index (χ0v) is 16.2. The Morgan fingerprint density at radius 2 is 1.68 bits per heavy atom. The Balaban J connectivity index is 1.63. The topological polar surface area (TPSA) is 93.2 Å². The molecule has 3 rings (SSSR count). The smallest absolute Gasteiger partial charge is 0.326 e. The lowest BCUT2D eigenvalue weighted by Gasteiger charge is -2.10. The molecule has 3 aromatic rings. The van der Waals surface area contributed by atoms with Gasteiger partial charge in [-0.15, -0.1) is 10.2 Å². The van der Waals surface area contributed by atoms with Crippen LogP contribution in [0.1, 0.15) is 10.4 Å². The van der Waals surface area contributed by atoms with Gasteiger partial charge in [-0.3, -0.25) is 10.1 Å². The molecule has 3 amide bonds. The van der Waals surface area contributed by atoms with Crippen LogP contribution < -0.4 is 15.4 Å². The first-order chi connectivity index (χ1) is 13.4. The van der Waals surface area contributed by atoms with Crippen LogP contribution in [0.4, 0.5) is 10.5 Å². The first kappa shape index (κ1) is 19.9. The number of anilines is 1. The SMILES string of the molecule is O=C(NC(=O)c1ccccc1Cl)Nc1ccc(Oc2ccc(Cl)nn2)c(Cl)c1. The molecule has 0 aliphatic carbocycles. The van der Waals surface area contributed by atoms with Crippen LogP contribution in [0.2, 0.25) is 15.2 Å². The summed E-state index contributed by atoms with van der Waals surface area (Å²) in [6, 6.07) is 13.2. The molecule has 0 unspecified atom stereocenters. The van der Waals surface area contributed by atoms with Crippen LogP contribution in [0.3, 0.4) is 0 Å². The summed E-state index contributed by atoms with van der Waals surface area (Å²) >= 11 is 17.8. The van der Waals surface area contributed by atoms with Crippen LogP contribution in [-0.4, -0.2) is 22.1 Å². The van der Waals surface area contributed by atoms with Gasteiger partial charge in [0.05, 0.1) is 15.6 Å². The van der Waals surface area contributed by atoms with E-state index in [1.807, 2.05) is 0 Å². The van der Waals surface area contributed by atoms with E-state index in [9.17, 15) is 9.59 Å². The molecule has 0 bridgehead atoms. The number of amides is 3. The molecule has 0 atom stereocenters. The zero-order valence-electron chi connectivity index (χ0n) is 13.9. The number of carbonyl (C=O) groups excluding carboxylic acids is 2.